The molecule has 1 aromatic heterocycles. The van der Waals surface area contributed by atoms with Gasteiger partial charge in [-0.25, -0.2) is 13.4 Å². The molecule has 1 aromatic rings. The zero-order chi connectivity index (χ0) is 15.5. The van der Waals surface area contributed by atoms with Gasteiger partial charge in [-0.15, -0.1) is 0 Å². The van der Waals surface area contributed by atoms with Gasteiger partial charge in [0.05, 0.1) is 23.6 Å². The summed E-state index contributed by atoms with van der Waals surface area (Å²) in [6.07, 6.45) is 1.97. The lowest BCUT2D eigenvalue weighted by atomic mass is 10.1. The molecule has 1 saturated heterocycles. The molecule has 0 aliphatic carbocycles. The number of sulfone groups is 1. The highest BCUT2D eigenvalue weighted by Crippen LogP contribution is 2.18. The van der Waals surface area contributed by atoms with Crippen LogP contribution in [0, 0.1) is 11.8 Å². The molecule has 1 aliphatic heterocycles. The van der Waals surface area contributed by atoms with Gasteiger partial charge in [0.15, 0.2) is 9.84 Å². The molecular weight excluding hydrogens is 290 g/mol. The Morgan fingerprint density at radius 2 is 2.33 bits per heavy atom. The van der Waals surface area contributed by atoms with Crippen LogP contribution in [0.4, 0.5) is 0 Å². The van der Waals surface area contributed by atoms with E-state index in [9.17, 15) is 13.2 Å². The van der Waals surface area contributed by atoms with Crippen LogP contribution in [0.5, 0.6) is 0 Å². The minimum Gasteiger partial charge on any atom is -0.336 e. The topological polar surface area (TPSA) is 93.4 Å². The van der Waals surface area contributed by atoms with E-state index in [4.69, 9.17) is 5.73 Å². The van der Waals surface area contributed by atoms with Crippen molar-refractivity contribution >= 4 is 15.7 Å². The summed E-state index contributed by atoms with van der Waals surface area (Å²) < 4.78 is 23.0. The van der Waals surface area contributed by atoms with Crippen molar-refractivity contribution in [3.05, 3.63) is 29.6 Å². The smallest absolute Gasteiger partial charge is 0.273 e. The lowest BCUT2D eigenvalue weighted by Gasteiger charge is -2.23. The van der Waals surface area contributed by atoms with Crippen molar-refractivity contribution in [1.82, 2.24) is 9.88 Å². The number of aromatic nitrogens is 1. The van der Waals surface area contributed by atoms with Crippen LogP contribution in [-0.4, -0.2) is 55.3 Å². The molecule has 0 saturated carbocycles. The fourth-order valence-corrected chi connectivity index (χ4v) is 4.01. The lowest BCUT2D eigenvalue weighted by molar-refractivity contribution is 0.0741. The first-order valence-corrected chi connectivity index (χ1v) is 8.38. The average molecular weight is 307 g/mol. The minimum absolute atomic E-state index is 0.00584. The summed E-state index contributed by atoms with van der Waals surface area (Å²) in [7, 11) is -1.44. The molecule has 1 aliphatic rings. The average Bonchev–Trinajstić information content (AvgIpc) is 2.84. The molecule has 0 aromatic carbocycles. The fourth-order valence-electron chi connectivity index (χ4n) is 2.24. The van der Waals surface area contributed by atoms with Crippen LogP contribution in [0.2, 0.25) is 0 Å². The van der Waals surface area contributed by atoms with Crippen LogP contribution in [0.3, 0.4) is 0 Å². The predicted molar refractivity (Wildman–Crippen MR) is 79.3 cm³/mol. The van der Waals surface area contributed by atoms with E-state index in [-0.39, 0.29) is 35.7 Å². The molecule has 2 heterocycles. The first-order valence-electron chi connectivity index (χ1n) is 6.56. The summed E-state index contributed by atoms with van der Waals surface area (Å²) in [6.45, 7) is 0.194. The van der Waals surface area contributed by atoms with E-state index < -0.39 is 9.84 Å². The monoisotopic (exact) mass is 307 g/mol. The number of carbonyl (C=O) groups is 1. The number of hydrogen-bond acceptors (Lipinski definition) is 5. The lowest BCUT2D eigenvalue weighted by Crippen LogP contribution is -2.38. The van der Waals surface area contributed by atoms with Crippen molar-refractivity contribution in [3.63, 3.8) is 0 Å². The van der Waals surface area contributed by atoms with Gasteiger partial charge in [-0.05, 0) is 18.6 Å². The van der Waals surface area contributed by atoms with Gasteiger partial charge >= 0.3 is 0 Å². The number of amides is 1. The molecule has 1 unspecified atom stereocenters. The summed E-state index contributed by atoms with van der Waals surface area (Å²) in [4.78, 5) is 18.0. The van der Waals surface area contributed by atoms with Gasteiger partial charge in [-0.2, -0.15) is 0 Å². The molecule has 0 bridgehead atoms. The largest absolute Gasteiger partial charge is 0.336 e. The number of hydrogen-bond donors (Lipinski definition) is 1. The molecule has 2 rings (SSSR count). The maximum Gasteiger partial charge on any atom is 0.273 e. The minimum atomic E-state index is -3.04. The summed E-state index contributed by atoms with van der Waals surface area (Å²) in [5.74, 6) is 5.31. The van der Waals surface area contributed by atoms with Crippen LogP contribution in [0.15, 0.2) is 18.3 Å². The number of rotatable bonds is 2. The van der Waals surface area contributed by atoms with Crippen LogP contribution < -0.4 is 5.73 Å². The number of nitrogens with two attached hydrogens (primary N) is 1. The van der Waals surface area contributed by atoms with Crippen molar-refractivity contribution in [1.29, 1.82) is 0 Å². The molecule has 6 nitrogen and oxygen atoms in total. The third-order valence-electron chi connectivity index (χ3n) is 3.41. The van der Waals surface area contributed by atoms with Crippen molar-refractivity contribution in [3.8, 4) is 11.8 Å². The van der Waals surface area contributed by atoms with E-state index >= 15 is 0 Å². The van der Waals surface area contributed by atoms with Crippen molar-refractivity contribution in [2.45, 2.75) is 12.5 Å². The van der Waals surface area contributed by atoms with E-state index in [1.54, 1.807) is 19.2 Å². The van der Waals surface area contributed by atoms with Gasteiger partial charge in [-0.1, -0.05) is 11.8 Å². The van der Waals surface area contributed by atoms with Crippen molar-refractivity contribution in [2.75, 3.05) is 25.1 Å². The Kier molecular flexibility index (Phi) is 4.60. The van der Waals surface area contributed by atoms with Gasteiger partial charge in [0, 0.05) is 19.3 Å². The molecule has 0 spiro atoms. The zero-order valence-corrected chi connectivity index (χ0v) is 12.6. The molecule has 7 heteroatoms. The normalized spacial score (nSPS) is 19.6. The Morgan fingerprint density at radius 1 is 1.57 bits per heavy atom. The Balaban J connectivity index is 2.24. The first-order chi connectivity index (χ1) is 9.94. The summed E-state index contributed by atoms with van der Waals surface area (Å²) in [5, 5.41) is 0. The van der Waals surface area contributed by atoms with E-state index in [0.717, 1.165) is 0 Å². The standard InChI is InChI=1S/C14H17N3O3S/c1-17(12-6-9-21(19,20)10-12)14(18)13-11(4-2-7-15)5-3-8-16-13/h3,5,8,12H,6-7,9-10,15H2,1H3. The van der Waals surface area contributed by atoms with Crippen LogP contribution in [-0.2, 0) is 9.84 Å². The second kappa shape index (κ2) is 6.24. The van der Waals surface area contributed by atoms with E-state index in [0.29, 0.717) is 12.0 Å². The third-order valence-corrected chi connectivity index (χ3v) is 5.16. The number of pyridine rings is 1. The summed E-state index contributed by atoms with van der Waals surface area (Å²) in [6, 6.07) is 3.08. The van der Waals surface area contributed by atoms with Crippen LogP contribution in [0.1, 0.15) is 22.5 Å². The molecule has 21 heavy (non-hydrogen) atoms. The summed E-state index contributed by atoms with van der Waals surface area (Å²) >= 11 is 0. The SMILES string of the molecule is CN(C(=O)c1ncccc1C#CCN)C1CCS(=O)(=O)C1. The second-order valence-corrected chi connectivity index (χ2v) is 7.11. The summed E-state index contributed by atoms with van der Waals surface area (Å²) in [5.41, 5.74) is 6.06. The highest BCUT2D eigenvalue weighted by Gasteiger charge is 2.33. The molecular formula is C14H17N3O3S. The molecule has 0 radical (unpaired) electrons. The van der Waals surface area contributed by atoms with E-state index in [1.807, 2.05) is 0 Å². The van der Waals surface area contributed by atoms with E-state index in [1.165, 1.54) is 11.1 Å². The molecule has 1 atom stereocenters. The maximum atomic E-state index is 12.5. The Bertz CT molecular complexity index is 704. The predicted octanol–water partition coefficient (Wildman–Crippen LogP) is -0.349. The second-order valence-electron chi connectivity index (χ2n) is 4.88. The molecule has 1 fully saturated rings. The quantitative estimate of drug-likeness (QED) is 0.754. The van der Waals surface area contributed by atoms with Crippen LogP contribution in [0.25, 0.3) is 0 Å². The first kappa shape index (κ1) is 15.5. The maximum absolute atomic E-state index is 12.5. The molecule has 2 N–H and O–H groups in total. The molecule has 1 amide bonds. The van der Waals surface area contributed by atoms with Gasteiger partial charge in [0.25, 0.3) is 5.91 Å². The molecule has 112 valence electrons. The van der Waals surface area contributed by atoms with Crippen molar-refractivity contribution < 1.29 is 13.2 Å². The third kappa shape index (κ3) is 3.60. The number of carbonyl (C=O) groups excluding carboxylic acids is 1. The van der Waals surface area contributed by atoms with Crippen LogP contribution >= 0.6 is 0 Å². The fraction of sp³-hybridized carbons (Fsp3) is 0.429. The van der Waals surface area contributed by atoms with Gasteiger partial charge in [0.2, 0.25) is 0 Å². The van der Waals surface area contributed by atoms with Gasteiger partial charge in [0.1, 0.15) is 5.69 Å². The Morgan fingerprint density at radius 3 is 2.95 bits per heavy atom. The Hall–Kier alpha value is -1.91. The Labute approximate surface area is 124 Å². The zero-order valence-electron chi connectivity index (χ0n) is 11.7. The van der Waals surface area contributed by atoms with E-state index in [2.05, 4.69) is 16.8 Å². The van der Waals surface area contributed by atoms with Crippen molar-refractivity contribution in [2.24, 2.45) is 5.73 Å². The van der Waals surface area contributed by atoms with Gasteiger partial charge in [-0.3, -0.25) is 4.79 Å². The number of nitrogens with zero attached hydrogens (tertiary/aromatic N) is 2. The highest BCUT2D eigenvalue weighted by molar-refractivity contribution is 7.91. The highest BCUT2D eigenvalue weighted by atomic mass is 32.2. The van der Waals surface area contributed by atoms with Gasteiger partial charge < -0.3 is 10.6 Å².